The summed E-state index contributed by atoms with van der Waals surface area (Å²) in [4.78, 5) is 0. The third-order valence-electron chi connectivity index (χ3n) is 2.36. The summed E-state index contributed by atoms with van der Waals surface area (Å²) in [6.45, 7) is 0.571. The maximum Gasteiger partial charge on any atom is 0.285 e. The van der Waals surface area contributed by atoms with Gasteiger partial charge in [0.1, 0.15) is 0 Å². The van der Waals surface area contributed by atoms with E-state index >= 15 is 0 Å². The van der Waals surface area contributed by atoms with Gasteiger partial charge in [-0.25, -0.2) is 0 Å². The fraction of sp³-hybridized carbons (Fsp3) is 0.333. The van der Waals surface area contributed by atoms with Crippen LogP contribution < -0.4 is 5.32 Å². The number of hydrogen-bond donors (Lipinski definition) is 2. The Bertz CT molecular complexity index is 441. The molecule has 1 unspecified atom stereocenters. The molecular weight excluding hydrogens is 202 g/mol. The third kappa shape index (κ3) is 1.66. The zero-order valence-corrected chi connectivity index (χ0v) is 8.29. The van der Waals surface area contributed by atoms with Gasteiger partial charge in [-0.05, 0) is 17.5 Å². The average Bonchev–Trinajstić information content (AvgIpc) is 2.15. The van der Waals surface area contributed by atoms with E-state index in [-0.39, 0.29) is 0 Å². The van der Waals surface area contributed by atoms with Gasteiger partial charge in [0.25, 0.3) is 10.1 Å². The Hall–Kier alpha value is -0.910. The van der Waals surface area contributed by atoms with Crippen molar-refractivity contribution in [2.75, 3.05) is 6.54 Å². The van der Waals surface area contributed by atoms with Crippen LogP contribution in [0.4, 0.5) is 0 Å². The highest BCUT2D eigenvalue weighted by Gasteiger charge is 2.29. The van der Waals surface area contributed by atoms with Crippen molar-refractivity contribution in [1.82, 2.24) is 5.32 Å². The van der Waals surface area contributed by atoms with Crippen LogP contribution >= 0.6 is 0 Å². The molecular formula is C9H11NO3S. The van der Waals surface area contributed by atoms with Crippen LogP contribution in [0, 0.1) is 0 Å². The van der Waals surface area contributed by atoms with E-state index in [4.69, 9.17) is 4.55 Å². The first-order valence-electron chi connectivity index (χ1n) is 4.36. The lowest BCUT2D eigenvalue weighted by Gasteiger charge is -2.24. The average molecular weight is 213 g/mol. The summed E-state index contributed by atoms with van der Waals surface area (Å²) in [6.07, 6.45) is 0.794. The summed E-state index contributed by atoms with van der Waals surface area (Å²) in [5, 5.41) is 1.81. The van der Waals surface area contributed by atoms with Gasteiger partial charge in [0, 0.05) is 6.54 Å². The quantitative estimate of drug-likeness (QED) is 0.674. The number of fused-ring (bicyclic) bond motifs is 1. The molecule has 0 amide bonds. The Morgan fingerprint density at radius 3 is 2.79 bits per heavy atom. The summed E-state index contributed by atoms with van der Waals surface area (Å²) in [5.41, 5.74) is 1.63. The van der Waals surface area contributed by atoms with Crippen LogP contribution in [-0.2, 0) is 16.5 Å². The molecule has 0 aromatic heterocycles. The first kappa shape index (κ1) is 9.64. The molecule has 5 heteroatoms. The Morgan fingerprint density at radius 1 is 1.36 bits per heavy atom. The molecule has 1 aliphatic heterocycles. The number of nitrogens with one attached hydrogen (secondary N) is 1. The molecule has 1 aromatic carbocycles. The van der Waals surface area contributed by atoms with Gasteiger partial charge in [-0.15, -0.1) is 0 Å². The molecule has 4 nitrogen and oxygen atoms in total. The van der Waals surface area contributed by atoms with E-state index in [2.05, 4.69) is 5.32 Å². The second-order valence-corrected chi connectivity index (χ2v) is 4.80. The zero-order valence-electron chi connectivity index (χ0n) is 7.47. The van der Waals surface area contributed by atoms with Gasteiger partial charge < -0.3 is 0 Å². The van der Waals surface area contributed by atoms with E-state index in [0.29, 0.717) is 12.1 Å². The van der Waals surface area contributed by atoms with Gasteiger partial charge in [-0.3, -0.25) is 9.87 Å². The molecule has 1 atom stereocenters. The van der Waals surface area contributed by atoms with Crippen molar-refractivity contribution >= 4 is 10.1 Å². The first-order valence-corrected chi connectivity index (χ1v) is 5.87. The number of benzene rings is 1. The monoisotopic (exact) mass is 213 g/mol. The molecule has 0 aliphatic carbocycles. The Balaban J connectivity index is 2.51. The smallest absolute Gasteiger partial charge is 0.285 e. The second kappa shape index (κ2) is 3.34. The van der Waals surface area contributed by atoms with Gasteiger partial charge in [0.15, 0.2) is 5.37 Å². The van der Waals surface area contributed by atoms with Crippen LogP contribution in [0.5, 0.6) is 0 Å². The molecule has 76 valence electrons. The maximum atomic E-state index is 11.0. The molecule has 2 N–H and O–H groups in total. The first-order chi connectivity index (χ1) is 6.59. The van der Waals surface area contributed by atoms with Gasteiger partial charge in [-0.1, -0.05) is 24.3 Å². The number of hydrogen-bond acceptors (Lipinski definition) is 3. The number of rotatable bonds is 1. The Labute approximate surface area is 82.7 Å². The molecule has 0 saturated heterocycles. The fourth-order valence-corrected chi connectivity index (χ4v) is 2.61. The SMILES string of the molecule is O=S(=O)(O)C1NCCc2ccccc21. The van der Waals surface area contributed by atoms with E-state index < -0.39 is 15.5 Å². The molecule has 1 heterocycles. The van der Waals surface area contributed by atoms with Crippen LogP contribution in [-0.4, -0.2) is 19.5 Å². The lowest BCUT2D eigenvalue weighted by molar-refractivity contribution is 0.447. The second-order valence-electron chi connectivity index (χ2n) is 3.30. The Morgan fingerprint density at radius 2 is 2.07 bits per heavy atom. The van der Waals surface area contributed by atoms with Crippen LogP contribution in [0.3, 0.4) is 0 Å². The third-order valence-corrected chi connectivity index (χ3v) is 3.38. The van der Waals surface area contributed by atoms with E-state index in [0.717, 1.165) is 12.0 Å². The summed E-state index contributed by atoms with van der Waals surface area (Å²) in [6, 6.07) is 7.24. The van der Waals surface area contributed by atoms with Crippen LogP contribution in [0.1, 0.15) is 16.5 Å². The predicted octanol–water partition coefficient (Wildman–Crippen LogP) is 0.719. The van der Waals surface area contributed by atoms with Crippen molar-refractivity contribution in [1.29, 1.82) is 0 Å². The van der Waals surface area contributed by atoms with E-state index in [9.17, 15) is 8.42 Å². The highest BCUT2D eigenvalue weighted by molar-refractivity contribution is 7.86. The van der Waals surface area contributed by atoms with Gasteiger partial charge in [-0.2, -0.15) is 8.42 Å². The lowest BCUT2D eigenvalue weighted by Crippen LogP contribution is -2.34. The summed E-state index contributed by atoms with van der Waals surface area (Å²) in [7, 11) is -4.05. The minimum atomic E-state index is -4.05. The molecule has 1 aliphatic rings. The topological polar surface area (TPSA) is 66.4 Å². The van der Waals surface area contributed by atoms with Crippen LogP contribution in [0.15, 0.2) is 24.3 Å². The fourth-order valence-electron chi connectivity index (χ4n) is 1.73. The minimum Gasteiger partial charge on any atom is -0.295 e. The van der Waals surface area contributed by atoms with E-state index in [1.165, 1.54) is 0 Å². The van der Waals surface area contributed by atoms with Gasteiger partial charge >= 0.3 is 0 Å². The van der Waals surface area contributed by atoms with Crippen LogP contribution in [0.2, 0.25) is 0 Å². The van der Waals surface area contributed by atoms with Crippen molar-refractivity contribution in [2.45, 2.75) is 11.8 Å². The predicted molar refractivity (Wildman–Crippen MR) is 52.4 cm³/mol. The molecule has 0 spiro atoms. The van der Waals surface area contributed by atoms with Crippen molar-refractivity contribution in [3.63, 3.8) is 0 Å². The summed E-state index contributed by atoms with van der Waals surface area (Å²) >= 11 is 0. The molecule has 0 radical (unpaired) electrons. The summed E-state index contributed by atoms with van der Waals surface area (Å²) in [5.74, 6) is 0. The molecule has 2 rings (SSSR count). The molecule has 0 bridgehead atoms. The maximum absolute atomic E-state index is 11.0. The van der Waals surface area contributed by atoms with E-state index in [1.54, 1.807) is 12.1 Å². The van der Waals surface area contributed by atoms with Crippen molar-refractivity contribution in [3.05, 3.63) is 35.4 Å². The van der Waals surface area contributed by atoms with Gasteiger partial charge in [0.05, 0.1) is 0 Å². The van der Waals surface area contributed by atoms with Crippen molar-refractivity contribution < 1.29 is 13.0 Å². The highest BCUT2D eigenvalue weighted by Crippen LogP contribution is 2.25. The van der Waals surface area contributed by atoms with Crippen molar-refractivity contribution in [3.8, 4) is 0 Å². The zero-order chi connectivity index (χ0) is 10.2. The van der Waals surface area contributed by atoms with Gasteiger partial charge in [0.2, 0.25) is 0 Å². The van der Waals surface area contributed by atoms with E-state index in [1.807, 2.05) is 12.1 Å². The molecule has 0 fully saturated rings. The largest absolute Gasteiger partial charge is 0.295 e. The molecule has 0 saturated carbocycles. The molecule has 14 heavy (non-hydrogen) atoms. The lowest BCUT2D eigenvalue weighted by atomic mass is 10.0. The standard InChI is InChI=1S/C9H11NO3S/c11-14(12,13)9-8-4-2-1-3-7(8)5-6-10-9/h1-4,9-10H,5-6H2,(H,11,12,13). The van der Waals surface area contributed by atoms with Crippen molar-refractivity contribution in [2.24, 2.45) is 0 Å². The molecule has 1 aromatic rings. The Kier molecular flexibility index (Phi) is 2.30. The normalized spacial score (nSPS) is 21.6. The highest BCUT2D eigenvalue weighted by atomic mass is 32.2. The summed E-state index contributed by atoms with van der Waals surface area (Å²) < 4.78 is 31.1. The minimum absolute atomic E-state index is 0.571. The van der Waals surface area contributed by atoms with Crippen LogP contribution in [0.25, 0.3) is 0 Å².